The van der Waals surface area contributed by atoms with Gasteiger partial charge in [-0.15, -0.1) is 0 Å². The van der Waals surface area contributed by atoms with Gasteiger partial charge in [-0.25, -0.2) is 0 Å². The lowest BCUT2D eigenvalue weighted by molar-refractivity contribution is -0.125. The first kappa shape index (κ1) is 12.4. The van der Waals surface area contributed by atoms with Crippen molar-refractivity contribution in [1.29, 1.82) is 0 Å². The Morgan fingerprint density at radius 3 is 3.14 bits per heavy atom. The highest BCUT2D eigenvalue weighted by molar-refractivity contribution is 5.67. The average molecular weight is 296 g/mol. The summed E-state index contributed by atoms with van der Waals surface area (Å²) in [5, 5.41) is 3.89. The summed E-state index contributed by atoms with van der Waals surface area (Å²) in [4.78, 5) is 2.79. The van der Waals surface area contributed by atoms with E-state index in [1.807, 2.05) is 0 Å². The zero-order valence-electron chi connectivity index (χ0n) is 13.3. The van der Waals surface area contributed by atoms with E-state index < -0.39 is 0 Å². The molecule has 0 aliphatic carbocycles. The van der Waals surface area contributed by atoms with Crippen LogP contribution in [0.15, 0.2) is 24.3 Å². The first-order valence-corrected chi connectivity index (χ1v) is 9.05. The van der Waals surface area contributed by atoms with Gasteiger partial charge in [0.2, 0.25) is 0 Å². The molecular weight excluding hydrogens is 272 g/mol. The number of piperidine rings is 1. The highest BCUT2D eigenvalue weighted by Crippen LogP contribution is 2.70. The van der Waals surface area contributed by atoms with Crippen molar-refractivity contribution in [3.05, 3.63) is 29.8 Å². The van der Waals surface area contributed by atoms with Crippen LogP contribution < -0.4 is 5.32 Å². The third-order valence-corrected chi connectivity index (χ3v) is 7.60. The van der Waals surface area contributed by atoms with E-state index >= 15 is 0 Å². The Morgan fingerprint density at radius 1 is 1.32 bits per heavy atom. The lowest BCUT2D eigenvalue weighted by atomic mass is 9.61. The van der Waals surface area contributed by atoms with Crippen LogP contribution >= 0.6 is 0 Å². The van der Waals surface area contributed by atoms with Crippen molar-refractivity contribution in [3.63, 3.8) is 0 Å². The zero-order valence-corrected chi connectivity index (χ0v) is 13.3. The standard InChI is InChI=1S/C19H24N2O/c1-2-17-11-13-7-8-19(22-17)18(9-10-21(12-13)16(17)18)14-5-3-4-6-15(14)20-19/h3-6,13,16,20H,2,7-12H2,1H3/t13-,16+,17-,18?,19?/m1/s1. The Balaban J connectivity index is 1.68. The van der Waals surface area contributed by atoms with Gasteiger partial charge in [0.05, 0.1) is 17.1 Å². The molecule has 5 aliphatic rings. The molecule has 1 aromatic rings. The molecule has 3 heteroatoms. The first-order chi connectivity index (χ1) is 10.7. The molecule has 4 fully saturated rings. The average Bonchev–Trinajstić information content (AvgIpc) is 3.08. The molecule has 4 saturated heterocycles. The van der Waals surface area contributed by atoms with Gasteiger partial charge in [0.15, 0.2) is 5.72 Å². The molecule has 3 nitrogen and oxygen atoms in total. The maximum Gasteiger partial charge on any atom is 0.151 e. The molecule has 5 heterocycles. The van der Waals surface area contributed by atoms with Gasteiger partial charge in [-0.3, -0.25) is 4.90 Å². The fourth-order valence-electron chi connectivity index (χ4n) is 7.01. The van der Waals surface area contributed by atoms with Gasteiger partial charge < -0.3 is 10.1 Å². The quantitative estimate of drug-likeness (QED) is 0.862. The van der Waals surface area contributed by atoms with Crippen LogP contribution in [0.1, 0.15) is 44.6 Å². The Morgan fingerprint density at radius 2 is 2.23 bits per heavy atom. The van der Waals surface area contributed by atoms with E-state index in [4.69, 9.17) is 4.74 Å². The van der Waals surface area contributed by atoms with Crippen molar-refractivity contribution >= 4 is 5.69 Å². The summed E-state index contributed by atoms with van der Waals surface area (Å²) >= 11 is 0. The van der Waals surface area contributed by atoms with Gasteiger partial charge >= 0.3 is 0 Å². The topological polar surface area (TPSA) is 24.5 Å². The Labute approximate surface area is 132 Å². The number of benzene rings is 1. The molecule has 6 rings (SSSR count). The number of nitrogens with zero attached hydrogens (tertiary/aromatic N) is 1. The minimum atomic E-state index is -0.138. The number of fused-ring (bicyclic) bond motifs is 2. The molecule has 0 aromatic heterocycles. The second kappa shape index (κ2) is 3.54. The van der Waals surface area contributed by atoms with Crippen molar-refractivity contribution in [3.8, 4) is 0 Å². The molecule has 2 unspecified atom stereocenters. The van der Waals surface area contributed by atoms with Crippen LogP contribution in [0, 0.1) is 5.92 Å². The molecule has 116 valence electrons. The monoisotopic (exact) mass is 296 g/mol. The molecular formula is C19H24N2O. The van der Waals surface area contributed by atoms with E-state index in [0.717, 1.165) is 12.3 Å². The minimum absolute atomic E-state index is 0.0798. The molecule has 3 bridgehead atoms. The van der Waals surface area contributed by atoms with Crippen molar-refractivity contribution in [2.45, 2.75) is 61.8 Å². The van der Waals surface area contributed by atoms with Gasteiger partial charge in [-0.05, 0) is 56.2 Å². The molecule has 22 heavy (non-hydrogen) atoms. The Hall–Kier alpha value is -1.06. The van der Waals surface area contributed by atoms with Gasteiger partial charge in [-0.1, -0.05) is 25.1 Å². The van der Waals surface area contributed by atoms with Crippen molar-refractivity contribution < 1.29 is 4.74 Å². The molecule has 0 saturated carbocycles. The molecule has 0 radical (unpaired) electrons. The Bertz CT molecular complexity index is 675. The van der Waals surface area contributed by atoms with E-state index in [-0.39, 0.29) is 16.7 Å². The maximum absolute atomic E-state index is 7.06. The third-order valence-electron chi connectivity index (χ3n) is 7.60. The number of hydrogen-bond acceptors (Lipinski definition) is 3. The summed E-state index contributed by atoms with van der Waals surface area (Å²) in [6.07, 6.45) is 6.18. The molecule has 5 atom stereocenters. The smallest absolute Gasteiger partial charge is 0.151 e. The molecule has 2 spiro atoms. The molecule has 1 aromatic carbocycles. The number of ether oxygens (including phenoxy) is 1. The lowest BCUT2D eigenvalue weighted by Gasteiger charge is -2.48. The van der Waals surface area contributed by atoms with Crippen LogP contribution in [0.5, 0.6) is 0 Å². The van der Waals surface area contributed by atoms with Crippen LogP contribution in [0.2, 0.25) is 0 Å². The predicted molar refractivity (Wildman–Crippen MR) is 85.9 cm³/mol. The lowest BCUT2D eigenvalue weighted by Crippen LogP contribution is -2.60. The number of nitrogens with one attached hydrogen (secondary N) is 1. The predicted octanol–water partition coefficient (Wildman–Crippen LogP) is 3.11. The van der Waals surface area contributed by atoms with Crippen LogP contribution in [0.4, 0.5) is 5.69 Å². The molecule has 1 N–H and O–H groups in total. The van der Waals surface area contributed by atoms with Crippen LogP contribution in [-0.4, -0.2) is 35.4 Å². The zero-order chi connectivity index (χ0) is 14.6. The van der Waals surface area contributed by atoms with Gasteiger partial charge in [-0.2, -0.15) is 0 Å². The van der Waals surface area contributed by atoms with E-state index in [1.54, 1.807) is 0 Å². The molecule has 5 aliphatic heterocycles. The summed E-state index contributed by atoms with van der Waals surface area (Å²) < 4.78 is 7.06. The fourth-order valence-corrected chi connectivity index (χ4v) is 7.01. The summed E-state index contributed by atoms with van der Waals surface area (Å²) in [5.41, 5.74) is 3.00. The molecule has 0 amide bonds. The van der Waals surface area contributed by atoms with E-state index in [2.05, 4.69) is 41.4 Å². The summed E-state index contributed by atoms with van der Waals surface area (Å²) in [6.45, 7) is 4.90. The number of rotatable bonds is 1. The van der Waals surface area contributed by atoms with E-state index in [9.17, 15) is 0 Å². The third kappa shape index (κ3) is 1.06. The summed E-state index contributed by atoms with van der Waals surface area (Å²) in [5.74, 6) is 0.831. The van der Waals surface area contributed by atoms with Gasteiger partial charge in [0.1, 0.15) is 0 Å². The van der Waals surface area contributed by atoms with E-state index in [0.29, 0.717) is 6.04 Å². The first-order valence-electron chi connectivity index (χ1n) is 9.05. The van der Waals surface area contributed by atoms with Crippen LogP contribution in [-0.2, 0) is 10.2 Å². The highest BCUT2D eigenvalue weighted by atomic mass is 16.6. The summed E-state index contributed by atoms with van der Waals surface area (Å²) in [7, 11) is 0. The van der Waals surface area contributed by atoms with Crippen molar-refractivity contribution in [2.24, 2.45) is 5.92 Å². The maximum atomic E-state index is 7.06. The van der Waals surface area contributed by atoms with Crippen molar-refractivity contribution in [1.82, 2.24) is 4.90 Å². The minimum Gasteiger partial charge on any atom is -0.357 e. The second-order valence-corrected chi connectivity index (χ2v) is 8.25. The van der Waals surface area contributed by atoms with E-state index in [1.165, 1.54) is 50.0 Å². The highest BCUT2D eigenvalue weighted by Gasteiger charge is 2.79. The second-order valence-electron chi connectivity index (χ2n) is 8.25. The van der Waals surface area contributed by atoms with Gasteiger partial charge in [0.25, 0.3) is 0 Å². The number of para-hydroxylation sites is 1. The fraction of sp³-hybridized carbons (Fsp3) is 0.684. The normalized spacial score (nSPS) is 50.6. The van der Waals surface area contributed by atoms with Crippen LogP contribution in [0.3, 0.4) is 0 Å². The number of hydrogen-bond donors (Lipinski definition) is 1. The van der Waals surface area contributed by atoms with Crippen LogP contribution in [0.25, 0.3) is 0 Å². The SMILES string of the molecule is CC[C@@]12C[C@H]3CCC4(Nc5ccccc5C45CCN(C3)[C@H]51)O2. The summed E-state index contributed by atoms with van der Waals surface area (Å²) in [6, 6.07) is 9.59. The van der Waals surface area contributed by atoms with Gasteiger partial charge in [0, 0.05) is 12.2 Å². The largest absolute Gasteiger partial charge is 0.357 e. The number of anilines is 1. The van der Waals surface area contributed by atoms with Crippen molar-refractivity contribution in [2.75, 3.05) is 18.4 Å². The Kier molecular flexibility index (Phi) is 1.99.